The topological polar surface area (TPSA) is 55.2 Å². The van der Waals surface area contributed by atoms with Gasteiger partial charge in [-0.15, -0.1) is 0 Å². The zero-order valence-electron chi connectivity index (χ0n) is 9.93. The van der Waals surface area contributed by atoms with E-state index in [1.54, 1.807) is 0 Å². The van der Waals surface area contributed by atoms with Crippen molar-refractivity contribution < 1.29 is 5.11 Å². The lowest BCUT2D eigenvalue weighted by atomic mass is 9.83. The van der Waals surface area contributed by atoms with Gasteiger partial charge in [0.2, 0.25) is 0 Å². The molecule has 0 spiro atoms. The van der Waals surface area contributed by atoms with Crippen molar-refractivity contribution in [3.05, 3.63) is 0 Å². The highest BCUT2D eigenvalue weighted by atomic mass is 16.3. The molecule has 0 rings (SSSR count). The van der Waals surface area contributed by atoms with Gasteiger partial charge in [0.05, 0.1) is 5.60 Å². The van der Waals surface area contributed by atoms with Crippen molar-refractivity contribution in [1.82, 2.24) is 6.15 Å². The zero-order valence-corrected chi connectivity index (χ0v) is 9.93. The molecule has 0 heterocycles. The van der Waals surface area contributed by atoms with Crippen LogP contribution >= 0.6 is 0 Å². The summed E-state index contributed by atoms with van der Waals surface area (Å²) in [5.41, 5.74) is -0.414. The van der Waals surface area contributed by atoms with Gasteiger partial charge in [-0.05, 0) is 31.1 Å². The van der Waals surface area contributed by atoms with Gasteiger partial charge in [0, 0.05) is 0 Å². The fourth-order valence-electron chi connectivity index (χ4n) is 1.89. The maximum absolute atomic E-state index is 10.2. The summed E-state index contributed by atoms with van der Waals surface area (Å²) in [6.45, 7) is 10.7. The number of hydrogen-bond acceptors (Lipinski definition) is 2. The van der Waals surface area contributed by atoms with Crippen LogP contribution < -0.4 is 6.15 Å². The molecule has 0 saturated carbocycles. The summed E-state index contributed by atoms with van der Waals surface area (Å²) < 4.78 is 0. The Morgan fingerprint density at radius 3 is 1.46 bits per heavy atom. The molecular formula is C11H27NO. The zero-order chi connectivity index (χ0) is 9.78. The average Bonchev–Trinajstić information content (AvgIpc) is 1.83. The second-order valence-corrected chi connectivity index (χ2v) is 4.77. The Bertz CT molecular complexity index is 111. The predicted molar refractivity (Wildman–Crippen MR) is 59.2 cm³/mol. The molecule has 0 aromatic rings. The summed E-state index contributed by atoms with van der Waals surface area (Å²) in [5.74, 6) is 1.18. The van der Waals surface area contributed by atoms with Crippen LogP contribution in [0.5, 0.6) is 0 Å². The van der Waals surface area contributed by atoms with Crippen molar-refractivity contribution in [3.8, 4) is 0 Å². The summed E-state index contributed by atoms with van der Waals surface area (Å²) in [6, 6.07) is 0. The molecule has 4 N–H and O–H groups in total. The van der Waals surface area contributed by atoms with Gasteiger partial charge < -0.3 is 11.3 Å². The lowest BCUT2D eigenvalue weighted by molar-refractivity contribution is -0.00304. The first kappa shape index (κ1) is 15.4. The molecule has 0 aromatic heterocycles. The van der Waals surface area contributed by atoms with Gasteiger partial charge in [0.15, 0.2) is 0 Å². The summed E-state index contributed by atoms with van der Waals surface area (Å²) in [4.78, 5) is 0. The second kappa shape index (κ2) is 6.39. The lowest BCUT2D eigenvalue weighted by Crippen LogP contribution is -2.31. The molecule has 2 nitrogen and oxygen atoms in total. The fourth-order valence-corrected chi connectivity index (χ4v) is 1.89. The van der Waals surface area contributed by atoms with E-state index in [1.807, 2.05) is 0 Å². The Hall–Kier alpha value is -0.0800. The summed E-state index contributed by atoms with van der Waals surface area (Å²) in [6.07, 6.45) is 2.74. The molecule has 0 aliphatic carbocycles. The van der Waals surface area contributed by atoms with E-state index in [-0.39, 0.29) is 6.15 Å². The monoisotopic (exact) mass is 189 g/mol. The van der Waals surface area contributed by atoms with Gasteiger partial charge in [0.1, 0.15) is 0 Å². The number of rotatable bonds is 5. The molecule has 0 atom stereocenters. The Morgan fingerprint density at radius 2 is 1.31 bits per heavy atom. The van der Waals surface area contributed by atoms with Crippen LogP contribution in [0.15, 0.2) is 0 Å². The molecule has 0 unspecified atom stereocenters. The van der Waals surface area contributed by atoms with Crippen LogP contribution in [-0.4, -0.2) is 10.7 Å². The summed E-state index contributed by atoms with van der Waals surface area (Å²) >= 11 is 0. The molecule has 13 heavy (non-hydrogen) atoms. The van der Waals surface area contributed by atoms with E-state index < -0.39 is 5.60 Å². The third-order valence-corrected chi connectivity index (χ3v) is 2.23. The molecule has 2 heteroatoms. The van der Waals surface area contributed by atoms with Gasteiger partial charge in [-0.25, -0.2) is 0 Å². The molecule has 0 radical (unpaired) electrons. The third-order valence-electron chi connectivity index (χ3n) is 2.23. The Balaban J connectivity index is 0. The first-order chi connectivity index (χ1) is 5.39. The third kappa shape index (κ3) is 7.03. The Kier molecular flexibility index (Phi) is 7.56. The summed E-state index contributed by atoms with van der Waals surface area (Å²) in [5, 5.41) is 10.2. The van der Waals surface area contributed by atoms with Gasteiger partial charge in [-0.1, -0.05) is 34.6 Å². The number of hydrogen-bond donors (Lipinski definition) is 2. The highest BCUT2D eigenvalue weighted by molar-refractivity contribution is 4.79. The molecule has 82 valence electrons. The molecule has 0 fully saturated rings. The van der Waals surface area contributed by atoms with Crippen molar-refractivity contribution in [1.29, 1.82) is 0 Å². The van der Waals surface area contributed by atoms with E-state index in [2.05, 4.69) is 34.6 Å². The molecular weight excluding hydrogens is 162 g/mol. The molecule has 0 bridgehead atoms. The van der Waals surface area contributed by atoms with E-state index in [0.29, 0.717) is 11.8 Å². The van der Waals surface area contributed by atoms with Crippen molar-refractivity contribution in [2.45, 2.75) is 59.5 Å². The van der Waals surface area contributed by atoms with Crippen molar-refractivity contribution >= 4 is 0 Å². The molecule has 0 amide bonds. The van der Waals surface area contributed by atoms with E-state index >= 15 is 0 Å². The molecule has 0 saturated heterocycles. The first-order valence-electron chi connectivity index (χ1n) is 5.12. The highest BCUT2D eigenvalue weighted by Crippen LogP contribution is 2.27. The van der Waals surface area contributed by atoms with Crippen LogP contribution in [-0.2, 0) is 0 Å². The minimum absolute atomic E-state index is 0. The quantitative estimate of drug-likeness (QED) is 0.696. The average molecular weight is 189 g/mol. The smallest absolute Gasteiger partial charge is 0.0650 e. The maximum Gasteiger partial charge on any atom is 0.0650 e. The SMILES string of the molecule is CCC(O)(CC(C)C)CC(C)C.N. The largest absolute Gasteiger partial charge is 0.390 e. The Morgan fingerprint density at radius 1 is 1.00 bits per heavy atom. The lowest BCUT2D eigenvalue weighted by Gasteiger charge is -2.30. The number of aliphatic hydroxyl groups is 1. The van der Waals surface area contributed by atoms with E-state index in [0.717, 1.165) is 19.3 Å². The van der Waals surface area contributed by atoms with Crippen LogP contribution in [0.4, 0.5) is 0 Å². The highest BCUT2D eigenvalue weighted by Gasteiger charge is 2.26. The van der Waals surface area contributed by atoms with E-state index in [1.165, 1.54) is 0 Å². The van der Waals surface area contributed by atoms with Crippen LogP contribution in [0.3, 0.4) is 0 Å². The van der Waals surface area contributed by atoms with Crippen molar-refractivity contribution in [2.75, 3.05) is 0 Å². The molecule has 0 aliphatic heterocycles. The van der Waals surface area contributed by atoms with E-state index in [4.69, 9.17) is 0 Å². The van der Waals surface area contributed by atoms with Gasteiger partial charge >= 0.3 is 0 Å². The normalized spacial score (nSPS) is 12.0. The van der Waals surface area contributed by atoms with E-state index in [9.17, 15) is 5.11 Å². The Labute approximate surface area is 83.3 Å². The van der Waals surface area contributed by atoms with Crippen molar-refractivity contribution in [3.63, 3.8) is 0 Å². The van der Waals surface area contributed by atoms with Crippen LogP contribution in [0, 0.1) is 11.8 Å². The fraction of sp³-hybridized carbons (Fsp3) is 1.00. The van der Waals surface area contributed by atoms with Crippen LogP contribution in [0.2, 0.25) is 0 Å². The first-order valence-corrected chi connectivity index (χ1v) is 5.12. The standard InChI is InChI=1S/C11H24O.H3N/c1-6-11(12,7-9(2)3)8-10(4)5;/h9-10,12H,6-8H2,1-5H3;1H3. The van der Waals surface area contributed by atoms with Gasteiger partial charge in [-0.3, -0.25) is 0 Å². The van der Waals surface area contributed by atoms with Crippen LogP contribution in [0.25, 0.3) is 0 Å². The summed E-state index contributed by atoms with van der Waals surface area (Å²) in [7, 11) is 0. The second-order valence-electron chi connectivity index (χ2n) is 4.77. The molecule has 0 aromatic carbocycles. The maximum atomic E-state index is 10.2. The predicted octanol–water partition coefficient (Wildman–Crippen LogP) is 3.38. The van der Waals surface area contributed by atoms with Crippen LogP contribution in [0.1, 0.15) is 53.9 Å². The minimum atomic E-state index is -0.414. The molecule has 0 aliphatic rings. The van der Waals surface area contributed by atoms with Gasteiger partial charge in [0.25, 0.3) is 0 Å². The van der Waals surface area contributed by atoms with Gasteiger partial charge in [-0.2, -0.15) is 0 Å². The minimum Gasteiger partial charge on any atom is -0.390 e. The van der Waals surface area contributed by atoms with Crippen molar-refractivity contribution in [2.24, 2.45) is 11.8 Å².